The number of thioether (sulfide) groups is 1. The van der Waals surface area contributed by atoms with Crippen molar-refractivity contribution in [2.24, 2.45) is 7.05 Å². The molecule has 0 saturated carbocycles. The first-order valence-electron chi connectivity index (χ1n) is 13.1. The molecule has 1 aliphatic rings. The van der Waals surface area contributed by atoms with Crippen LogP contribution in [0.5, 0.6) is 11.5 Å². The number of hydrogen-bond acceptors (Lipinski definition) is 8. The van der Waals surface area contributed by atoms with Crippen LogP contribution in [0.2, 0.25) is 0 Å². The lowest BCUT2D eigenvalue weighted by molar-refractivity contribution is -0.113. The Kier molecular flexibility index (Phi) is 9.02. The van der Waals surface area contributed by atoms with Crippen LogP contribution in [0.25, 0.3) is 0 Å². The standard InChI is InChI=1S/C29H31N5O4S2/c1-34-24(17-38-21-14-12-20(37-2)13-15-21)32-33-29(34)39-18-25(35)31-28-26(22-10-6-7-11-23(22)40-28)27(36)30-16-19-8-4-3-5-9-19/h3-5,8-9,12-15H,6-7,10-11,16-18H2,1-2H3,(H,30,36)(H,31,35). The first kappa shape index (κ1) is 27.7. The topological polar surface area (TPSA) is 107 Å². The third kappa shape index (κ3) is 6.65. The molecule has 2 amide bonds. The molecule has 2 N–H and O–H groups in total. The Morgan fingerprint density at radius 3 is 2.55 bits per heavy atom. The number of carbonyl (C=O) groups excluding carboxylic acids is 2. The first-order valence-corrected chi connectivity index (χ1v) is 14.9. The Labute approximate surface area is 241 Å². The Morgan fingerprint density at radius 2 is 1.77 bits per heavy atom. The van der Waals surface area contributed by atoms with Crippen molar-refractivity contribution >= 4 is 39.9 Å². The Morgan fingerprint density at radius 1 is 1.02 bits per heavy atom. The summed E-state index contributed by atoms with van der Waals surface area (Å²) in [4.78, 5) is 27.4. The highest BCUT2D eigenvalue weighted by molar-refractivity contribution is 7.99. The lowest BCUT2D eigenvalue weighted by Gasteiger charge is -2.13. The molecule has 2 aromatic carbocycles. The van der Waals surface area contributed by atoms with Crippen LogP contribution in [0.3, 0.4) is 0 Å². The van der Waals surface area contributed by atoms with Gasteiger partial charge in [-0.15, -0.1) is 21.5 Å². The van der Waals surface area contributed by atoms with Crippen LogP contribution >= 0.6 is 23.1 Å². The van der Waals surface area contributed by atoms with Crippen LogP contribution < -0.4 is 20.1 Å². The van der Waals surface area contributed by atoms with E-state index >= 15 is 0 Å². The molecule has 2 aromatic heterocycles. The number of rotatable bonds is 11. The van der Waals surface area contributed by atoms with E-state index in [0.717, 1.165) is 42.6 Å². The number of benzene rings is 2. The van der Waals surface area contributed by atoms with Gasteiger partial charge in [-0.05, 0) is 61.1 Å². The lowest BCUT2D eigenvalue weighted by Crippen LogP contribution is -2.25. The third-order valence-corrected chi connectivity index (χ3v) is 8.86. The van der Waals surface area contributed by atoms with Gasteiger partial charge in [0, 0.05) is 18.5 Å². The van der Waals surface area contributed by atoms with E-state index in [-0.39, 0.29) is 24.2 Å². The number of aromatic nitrogens is 3. The molecule has 0 bridgehead atoms. The number of amides is 2. The fraction of sp³-hybridized carbons (Fsp3) is 0.310. The lowest BCUT2D eigenvalue weighted by atomic mass is 9.95. The minimum Gasteiger partial charge on any atom is -0.497 e. The third-order valence-electron chi connectivity index (χ3n) is 6.63. The summed E-state index contributed by atoms with van der Waals surface area (Å²) in [5.41, 5.74) is 2.70. The Balaban J connectivity index is 1.19. The number of nitrogens with one attached hydrogen (secondary N) is 2. The zero-order valence-electron chi connectivity index (χ0n) is 22.4. The second-order valence-electron chi connectivity index (χ2n) is 9.34. The van der Waals surface area contributed by atoms with Gasteiger partial charge in [-0.3, -0.25) is 9.59 Å². The number of ether oxygens (including phenoxy) is 2. The summed E-state index contributed by atoms with van der Waals surface area (Å²) in [6.45, 7) is 0.676. The van der Waals surface area contributed by atoms with Gasteiger partial charge in [0.15, 0.2) is 11.0 Å². The van der Waals surface area contributed by atoms with Gasteiger partial charge in [-0.25, -0.2) is 0 Å². The predicted octanol–water partition coefficient (Wildman–Crippen LogP) is 5.00. The first-order chi connectivity index (χ1) is 19.5. The van der Waals surface area contributed by atoms with Gasteiger partial charge in [0.05, 0.1) is 18.4 Å². The molecule has 5 rings (SSSR count). The van der Waals surface area contributed by atoms with Crippen molar-refractivity contribution in [2.75, 3.05) is 18.2 Å². The van der Waals surface area contributed by atoms with Crippen molar-refractivity contribution in [3.63, 3.8) is 0 Å². The summed E-state index contributed by atoms with van der Waals surface area (Å²) >= 11 is 2.80. The van der Waals surface area contributed by atoms with E-state index in [2.05, 4.69) is 20.8 Å². The molecular formula is C29H31N5O4S2. The SMILES string of the molecule is COc1ccc(OCc2nnc(SCC(=O)Nc3sc4c(c3C(=O)NCc3ccccc3)CCCC4)n2C)cc1. The van der Waals surface area contributed by atoms with Gasteiger partial charge in [0.2, 0.25) is 5.91 Å². The highest BCUT2D eigenvalue weighted by Gasteiger charge is 2.26. The van der Waals surface area contributed by atoms with Gasteiger partial charge < -0.3 is 24.7 Å². The molecule has 0 radical (unpaired) electrons. The minimum absolute atomic E-state index is 0.138. The quantitative estimate of drug-likeness (QED) is 0.242. The van der Waals surface area contributed by atoms with Crippen molar-refractivity contribution in [3.05, 3.63) is 82.0 Å². The monoisotopic (exact) mass is 577 g/mol. The van der Waals surface area contributed by atoms with Crippen LogP contribution in [0.4, 0.5) is 5.00 Å². The summed E-state index contributed by atoms with van der Waals surface area (Å²) in [5.74, 6) is 1.88. The molecule has 0 atom stereocenters. The molecule has 2 heterocycles. The summed E-state index contributed by atoms with van der Waals surface area (Å²) in [5, 5.41) is 15.7. The predicted molar refractivity (Wildman–Crippen MR) is 156 cm³/mol. The smallest absolute Gasteiger partial charge is 0.254 e. The molecule has 40 heavy (non-hydrogen) atoms. The molecule has 0 saturated heterocycles. The second-order valence-corrected chi connectivity index (χ2v) is 11.4. The maximum Gasteiger partial charge on any atom is 0.254 e. The zero-order valence-corrected chi connectivity index (χ0v) is 24.1. The number of carbonyl (C=O) groups is 2. The van der Waals surface area contributed by atoms with E-state index in [1.807, 2.05) is 66.2 Å². The number of hydrogen-bond donors (Lipinski definition) is 2. The van der Waals surface area contributed by atoms with Crippen molar-refractivity contribution in [3.8, 4) is 11.5 Å². The molecule has 11 heteroatoms. The highest BCUT2D eigenvalue weighted by atomic mass is 32.2. The molecular weight excluding hydrogens is 546 g/mol. The van der Waals surface area contributed by atoms with Gasteiger partial charge >= 0.3 is 0 Å². The molecule has 0 spiro atoms. The Hall–Kier alpha value is -3.83. The van der Waals surface area contributed by atoms with E-state index in [4.69, 9.17) is 9.47 Å². The number of nitrogens with zero attached hydrogens (tertiary/aromatic N) is 3. The van der Waals surface area contributed by atoms with Crippen LogP contribution in [0.15, 0.2) is 59.8 Å². The highest BCUT2D eigenvalue weighted by Crippen LogP contribution is 2.38. The van der Waals surface area contributed by atoms with Crippen LogP contribution in [0.1, 0.15) is 45.0 Å². The molecule has 0 aliphatic heterocycles. The molecule has 0 unspecified atom stereocenters. The Bertz CT molecular complexity index is 1470. The minimum atomic E-state index is -0.195. The molecule has 208 valence electrons. The van der Waals surface area contributed by atoms with Crippen LogP contribution in [0, 0.1) is 0 Å². The maximum absolute atomic E-state index is 13.3. The van der Waals surface area contributed by atoms with E-state index in [1.165, 1.54) is 28.0 Å². The average molecular weight is 578 g/mol. The summed E-state index contributed by atoms with van der Waals surface area (Å²) < 4.78 is 12.8. The average Bonchev–Trinajstić information content (AvgIpc) is 3.53. The van der Waals surface area contributed by atoms with Gasteiger partial charge in [-0.1, -0.05) is 42.1 Å². The summed E-state index contributed by atoms with van der Waals surface area (Å²) in [7, 11) is 3.46. The normalized spacial score (nSPS) is 12.4. The second kappa shape index (κ2) is 13.0. The number of methoxy groups -OCH3 is 1. The van der Waals surface area contributed by atoms with Crippen LogP contribution in [-0.4, -0.2) is 39.4 Å². The van der Waals surface area contributed by atoms with Gasteiger partial charge in [0.1, 0.15) is 23.1 Å². The van der Waals surface area contributed by atoms with Gasteiger partial charge in [0.25, 0.3) is 5.91 Å². The van der Waals surface area contributed by atoms with E-state index in [1.54, 1.807) is 7.11 Å². The van der Waals surface area contributed by atoms with Crippen molar-refractivity contribution in [1.29, 1.82) is 0 Å². The number of thiophene rings is 1. The maximum atomic E-state index is 13.3. The van der Waals surface area contributed by atoms with Crippen molar-refractivity contribution in [2.45, 2.75) is 44.0 Å². The number of aryl methyl sites for hydroxylation is 1. The largest absolute Gasteiger partial charge is 0.497 e. The van der Waals surface area contributed by atoms with Gasteiger partial charge in [-0.2, -0.15) is 0 Å². The number of anilines is 1. The molecule has 4 aromatic rings. The van der Waals surface area contributed by atoms with E-state index in [0.29, 0.717) is 33.8 Å². The number of fused-ring (bicyclic) bond motifs is 1. The summed E-state index contributed by atoms with van der Waals surface area (Å²) in [6, 6.07) is 17.1. The molecule has 1 aliphatic carbocycles. The van der Waals surface area contributed by atoms with Crippen molar-refractivity contribution in [1.82, 2.24) is 20.1 Å². The fourth-order valence-electron chi connectivity index (χ4n) is 4.47. The fourth-order valence-corrected chi connectivity index (χ4v) is 6.50. The molecule has 0 fully saturated rings. The van der Waals surface area contributed by atoms with E-state index < -0.39 is 0 Å². The summed E-state index contributed by atoms with van der Waals surface area (Å²) in [6.07, 6.45) is 3.93. The van der Waals surface area contributed by atoms with Crippen molar-refractivity contribution < 1.29 is 19.1 Å². The molecule has 9 nitrogen and oxygen atoms in total. The van der Waals surface area contributed by atoms with Crippen LogP contribution in [-0.2, 0) is 37.8 Å². The van der Waals surface area contributed by atoms with E-state index in [9.17, 15) is 9.59 Å². The zero-order chi connectivity index (χ0) is 27.9.